The fourth-order valence-electron chi connectivity index (χ4n) is 7.95. The number of methoxy groups -OCH3 is 1. The molecule has 2 aromatic heterocycles. The van der Waals surface area contributed by atoms with Crippen molar-refractivity contribution in [2.45, 2.75) is 95.8 Å². The fraction of sp³-hybridized carbons (Fsp3) is 0.465. The summed E-state index contributed by atoms with van der Waals surface area (Å²) >= 11 is 1.18. The molecule has 0 spiro atoms. The van der Waals surface area contributed by atoms with E-state index in [4.69, 9.17) is 14.0 Å². The lowest BCUT2D eigenvalue weighted by Gasteiger charge is -2.42. The molecular weight excluding hydrogens is 797 g/mol. The van der Waals surface area contributed by atoms with Crippen molar-refractivity contribution in [3.05, 3.63) is 89.1 Å². The van der Waals surface area contributed by atoms with Crippen molar-refractivity contribution in [1.82, 2.24) is 25.2 Å². The SMILES string of the molecule is COc1ccncc1C1CN(C(=O)[C@@H]2CC[C@@H]3CCC[C@H](NC(=O)c4cc5cc([C@@H](F)[P@](=O)(N[C@@H](C)C(=O)OCC(C)(C)C)Oc6ccccc6)ccc5s4)C(=O)N32)C1. The van der Waals surface area contributed by atoms with Crippen molar-refractivity contribution in [3.63, 3.8) is 0 Å². The predicted molar refractivity (Wildman–Crippen MR) is 222 cm³/mol. The van der Waals surface area contributed by atoms with Crippen LogP contribution in [0.2, 0.25) is 0 Å². The normalized spacial score (nSPS) is 21.7. The van der Waals surface area contributed by atoms with E-state index in [0.29, 0.717) is 47.3 Å². The lowest BCUT2D eigenvalue weighted by atomic mass is 9.91. The van der Waals surface area contributed by atoms with Crippen LogP contribution in [0.5, 0.6) is 11.5 Å². The molecule has 13 nitrogen and oxygen atoms in total. The number of rotatable bonds is 13. The Hall–Kier alpha value is -4.85. The van der Waals surface area contributed by atoms with Crippen LogP contribution in [0.3, 0.4) is 0 Å². The van der Waals surface area contributed by atoms with Crippen LogP contribution in [-0.4, -0.2) is 89.4 Å². The molecule has 59 heavy (non-hydrogen) atoms. The number of carbonyl (C=O) groups is 4. The molecule has 4 aromatic rings. The summed E-state index contributed by atoms with van der Waals surface area (Å²) in [4.78, 5) is 62.6. The lowest BCUT2D eigenvalue weighted by molar-refractivity contribution is -0.148. The highest BCUT2D eigenvalue weighted by Crippen LogP contribution is 2.58. The molecule has 3 fully saturated rings. The van der Waals surface area contributed by atoms with Gasteiger partial charge in [-0.25, -0.2) is 9.48 Å². The van der Waals surface area contributed by atoms with E-state index in [1.165, 1.54) is 30.4 Å². The zero-order valence-corrected chi connectivity index (χ0v) is 35.6. The quantitative estimate of drug-likeness (QED) is 0.103. The van der Waals surface area contributed by atoms with Crippen LogP contribution in [0.1, 0.15) is 92.4 Å². The molecule has 16 heteroatoms. The van der Waals surface area contributed by atoms with E-state index < -0.39 is 43.4 Å². The van der Waals surface area contributed by atoms with Crippen LogP contribution in [0.15, 0.2) is 73.1 Å². The van der Waals surface area contributed by atoms with Gasteiger partial charge in [0.15, 0.2) is 0 Å². The number of benzene rings is 2. The maximum Gasteiger partial charge on any atom is 0.355 e. The Morgan fingerprint density at radius 1 is 1.03 bits per heavy atom. The number of amides is 3. The number of nitrogens with zero attached hydrogens (tertiary/aromatic N) is 3. The van der Waals surface area contributed by atoms with Gasteiger partial charge in [0, 0.05) is 47.7 Å². The first-order valence-corrected chi connectivity index (χ1v) is 22.5. The van der Waals surface area contributed by atoms with Crippen LogP contribution >= 0.6 is 18.9 Å². The van der Waals surface area contributed by atoms with Crippen LogP contribution in [0.4, 0.5) is 4.39 Å². The highest BCUT2D eigenvalue weighted by molar-refractivity contribution is 7.57. The number of aromatic nitrogens is 1. The molecule has 3 amide bonds. The molecule has 6 atom stereocenters. The predicted octanol–water partition coefficient (Wildman–Crippen LogP) is 7.38. The first-order chi connectivity index (χ1) is 28.1. The minimum absolute atomic E-state index is 0.0205. The van der Waals surface area contributed by atoms with Crippen molar-refractivity contribution in [3.8, 4) is 11.5 Å². The number of esters is 1. The minimum atomic E-state index is -4.47. The zero-order valence-electron chi connectivity index (χ0n) is 33.9. The average Bonchev–Trinajstić information content (AvgIpc) is 3.79. The number of likely N-dealkylation sites (tertiary alicyclic amines) is 1. The monoisotopic (exact) mass is 847 g/mol. The van der Waals surface area contributed by atoms with Crippen LogP contribution in [-0.2, 0) is 23.7 Å². The van der Waals surface area contributed by atoms with Crippen molar-refractivity contribution in [2.24, 2.45) is 5.41 Å². The molecule has 5 heterocycles. The molecule has 0 unspecified atom stereocenters. The topological polar surface area (TPSA) is 156 Å². The second-order valence-electron chi connectivity index (χ2n) is 16.8. The summed E-state index contributed by atoms with van der Waals surface area (Å²) in [6.45, 7) is 8.29. The average molecular weight is 848 g/mol. The van der Waals surface area contributed by atoms with E-state index >= 15 is 4.39 Å². The molecular formula is C43H51FN5O8PS. The number of hydrogen-bond acceptors (Lipinski definition) is 10. The highest BCUT2D eigenvalue weighted by atomic mass is 32.1. The molecule has 314 valence electrons. The van der Waals surface area contributed by atoms with Crippen LogP contribution in [0, 0.1) is 5.41 Å². The van der Waals surface area contributed by atoms with Gasteiger partial charge in [0.05, 0.1) is 18.6 Å². The third kappa shape index (κ3) is 9.32. The maximum atomic E-state index is 16.6. The molecule has 3 aliphatic rings. The van der Waals surface area contributed by atoms with Crippen LogP contribution in [0.25, 0.3) is 10.1 Å². The number of alkyl halides is 1. The Morgan fingerprint density at radius 3 is 2.53 bits per heavy atom. The molecule has 0 bridgehead atoms. The van der Waals surface area contributed by atoms with Crippen molar-refractivity contribution in [2.75, 3.05) is 26.8 Å². The number of nitrogens with one attached hydrogen (secondary N) is 2. The van der Waals surface area contributed by atoms with Gasteiger partial charge in [0.2, 0.25) is 17.7 Å². The van der Waals surface area contributed by atoms with Gasteiger partial charge in [-0.1, -0.05) is 45.0 Å². The zero-order chi connectivity index (χ0) is 42.1. The van der Waals surface area contributed by atoms with Gasteiger partial charge >= 0.3 is 13.5 Å². The fourth-order valence-corrected chi connectivity index (χ4v) is 10.8. The number of fused-ring (bicyclic) bond motifs is 2. The summed E-state index contributed by atoms with van der Waals surface area (Å²) in [5.74, 6) is -2.71. The molecule has 3 saturated heterocycles. The number of hydrogen-bond donors (Lipinski definition) is 2. The summed E-state index contributed by atoms with van der Waals surface area (Å²) in [7, 11) is -2.86. The number of halogens is 1. The molecule has 0 aliphatic carbocycles. The Bertz CT molecular complexity index is 2250. The number of carbonyl (C=O) groups excluding carboxylic acids is 4. The second-order valence-corrected chi connectivity index (χ2v) is 19.9. The number of para-hydroxylation sites is 1. The van der Waals surface area contributed by atoms with Crippen molar-refractivity contribution >= 4 is 52.6 Å². The summed E-state index contributed by atoms with van der Waals surface area (Å²) in [5.41, 5.74) is 0.663. The van der Waals surface area contributed by atoms with E-state index in [-0.39, 0.29) is 47.1 Å². The van der Waals surface area contributed by atoms with Crippen molar-refractivity contribution in [1.29, 1.82) is 0 Å². The smallest absolute Gasteiger partial charge is 0.355 e. The van der Waals surface area contributed by atoms with Gasteiger partial charge in [0.25, 0.3) is 5.91 Å². The molecule has 7 rings (SSSR count). The van der Waals surface area contributed by atoms with E-state index in [2.05, 4.69) is 15.4 Å². The maximum absolute atomic E-state index is 16.6. The largest absolute Gasteiger partial charge is 0.496 e. The molecule has 0 radical (unpaired) electrons. The minimum Gasteiger partial charge on any atom is -0.496 e. The third-order valence-corrected chi connectivity index (χ3v) is 14.3. The molecule has 0 saturated carbocycles. The third-order valence-electron chi connectivity index (χ3n) is 11.0. The molecule has 2 aromatic carbocycles. The van der Waals surface area contributed by atoms with E-state index in [1.807, 2.05) is 20.8 Å². The number of ether oxygens (including phenoxy) is 2. The Morgan fingerprint density at radius 2 is 1.80 bits per heavy atom. The number of pyridine rings is 1. The standard InChI is InChI=1S/C43H51FN5O8PS/c1-26(42(53)56-25-43(2,3)4)47-58(54,57-31-11-7-6-8-12-31)38(44)27-14-17-36-28(20-27)21-37(59-36)39(50)46-33-13-9-10-30-15-16-34(49(30)40(33)51)41(52)48-23-29(24-48)32-22-45-19-18-35(32)55-5/h6-8,11-12,14,17-22,26,29-30,33-34,38H,9-10,13,15-16,23-25H2,1-5H3,(H,46,50)(H,47,54)/t26-,30-,33-,34-,38-,58+/m0/s1. The summed E-state index contributed by atoms with van der Waals surface area (Å²) in [5, 5.41) is 6.07. The Kier molecular flexibility index (Phi) is 12.5. The van der Waals surface area contributed by atoms with E-state index in [9.17, 15) is 23.7 Å². The molecule has 2 N–H and O–H groups in total. The second kappa shape index (κ2) is 17.4. The van der Waals surface area contributed by atoms with E-state index in [0.717, 1.165) is 24.2 Å². The number of thiophene rings is 1. The first-order valence-electron chi connectivity index (χ1n) is 20.0. The summed E-state index contributed by atoms with van der Waals surface area (Å²) < 4.78 is 48.3. The van der Waals surface area contributed by atoms with Crippen LogP contribution < -0.4 is 19.7 Å². The first kappa shape index (κ1) is 42.3. The highest BCUT2D eigenvalue weighted by Gasteiger charge is 2.48. The van der Waals surface area contributed by atoms with Gasteiger partial charge in [-0.2, -0.15) is 0 Å². The molecule has 3 aliphatic heterocycles. The summed E-state index contributed by atoms with van der Waals surface area (Å²) in [6.07, 6.45) is 6.64. The van der Waals surface area contributed by atoms with Gasteiger partial charge in [-0.15, -0.1) is 11.3 Å². The summed E-state index contributed by atoms with van der Waals surface area (Å²) in [6, 6.07) is 13.5. The van der Waals surface area contributed by atoms with Crippen molar-refractivity contribution < 1.29 is 42.1 Å². The Labute approximate surface area is 347 Å². The van der Waals surface area contributed by atoms with E-state index in [1.54, 1.807) is 77.8 Å². The van der Waals surface area contributed by atoms with Gasteiger partial charge in [-0.05, 0) is 91.8 Å². The Balaban J connectivity index is 1.03. The van der Waals surface area contributed by atoms with Gasteiger partial charge in [0.1, 0.15) is 29.6 Å². The lowest BCUT2D eigenvalue weighted by Crippen LogP contribution is -2.58. The van der Waals surface area contributed by atoms with Gasteiger partial charge in [-0.3, -0.25) is 28.7 Å². The van der Waals surface area contributed by atoms with Gasteiger partial charge < -0.3 is 29.1 Å².